The summed E-state index contributed by atoms with van der Waals surface area (Å²) in [7, 11) is -3.27. The molecule has 0 spiro atoms. The molecule has 3 nitrogen and oxygen atoms in total. The van der Waals surface area contributed by atoms with Crippen molar-refractivity contribution in [3.63, 3.8) is 0 Å². The SMILES string of the molecule is C=C(C)CS(=O)(=O)c1ccc2occc2c1. The number of furan rings is 1. The lowest BCUT2D eigenvalue weighted by Gasteiger charge is -2.03. The Morgan fingerprint density at radius 1 is 1.38 bits per heavy atom. The van der Waals surface area contributed by atoms with Crippen LogP contribution in [0.5, 0.6) is 0 Å². The monoisotopic (exact) mass is 236 g/mol. The molecular weight excluding hydrogens is 224 g/mol. The fourth-order valence-electron chi connectivity index (χ4n) is 1.55. The Morgan fingerprint density at radius 2 is 2.12 bits per heavy atom. The van der Waals surface area contributed by atoms with Crippen molar-refractivity contribution >= 4 is 20.8 Å². The third-order valence-corrected chi connectivity index (χ3v) is 4.06. The van der Waals surface area contributed by atoms with Crippen molar-refractivity contribution in [3.8, 4) is 0 Å². The summed E-state index contributed by atoms with van der Waals surface area (Å²) in [6.07, 6.45) is 1.54. The number of sulfone groups is 1. The van der Waals surface area contributed by atoms with E-state index < -0.39 is 9.84 Å². The summed E-state index contributed by atoms with van der Waals surface area (Å²) in [5, 5.41) is 0.794. The molecule has 0 saturated heterocycles. The maximum absolute atomic E-state index is 11.9. The predicted octanol–water partition coefficient (Wildman–Crippen LogP) is 2.78. The smallest absolute Gasteiger partial charge is 0.182 e. The van der Waals surface area contributed by atoms with Crippen molar-refractivity contribution in [2.45, 2.75) is 11.8 Å². The van der Waals surface area contributed by atoms with Gasteiger partial charge in [0.2, 0.25) is 0 Å². The average Bonchev–Trinajstić information content (AvgIpc) is 2.61. The molecule has 0 bridgehead atoms. The zero-order valence-corrected chi connectivity index (χ0v) is 9.75. The van der Waals surface area contributed by atoms with Crippen molar-refractivity contribution in [1.82, 2.24) is 0 Å². The van der Waals surface area contributed by atoms with Crippen LogP contribution in [0.25, 0.3) is 11.0 Å². The van der Waals surface area contributed by atoms with E-state index in [4.69, 9.17) is 4.42 Å². The van der Waals surface area contributed by atoms with Gasteiger partial charge in [0.1, 0.15) is 5.58 Å². The maximum Gasteiger partial charge on any atom is 0.182 e. The van der Waals surface area contributed by atoms with Crippen LogP contribution in [-0.4, -0.2) is 14.2 Å². The first-order valence-electron chi connectivity index (χ1n) is 4.83. The highest BCUT2D eigenvalue weighted by molar-refractivity contribution is 7.91. The van der Waals surface area contributed by atoms with E-state index in [0.29, 0.717) is 16.1 Å². The Hall–Kier alpha value is -1.55. The number of rotatable bonds is 3. The quantitative estimate of drug-likeness (QED) is 0.770. The second kappa shape index (κ2) is 3.79. The Labute approximate surface area is 94.3 Å². The lowest BCUT2D eigenvalue weighted by atomic mass is 10.3. The highest BCUT2D eigenvalue weighted by atomic mass is 32.2. The third-order valence-electron chi connectivity index (χ3n) is 2.22. The van der Waals surface area contributed by atoms with Crippen LogP contribution in [0.2, 0.25) is 0 Å². The summed E-state index contributed by atoms with van der Waals surface area (Å²) in [6.45, 7) is 5.32. The standard InChI is InChI=1S/C12H12O3S/c1-9(2)8-16(13,14)11-3-4-12-10(7-11)5-6-15-12/h3-7H,1,8H2,2H3. The topological polar surface area (TPSA) is 47.3 Å². The van der Waals surface area contributed by atoms with Crippen LogP contribution in [0.4, 0.5) is 0 Å². The molecule has 2 aromatic rings. The fourth-order valence-corrected chi connectivity index (χ4v) is 2.94. The molecule has 1 heterocycles. The van der Waals surface area contributed by atoms with Gasteiger partial charge in [-0.15, -0.1) is 0 Å². The second-order valence-corrected chi connectivity index (χ2v) is 5.83. The Bertz CT molecular complexity index is 635. The normalized spacial score (nSPS) is 11.8. The Balaban J connectivity index is 2.50. The van der Waals surface area contributed by atoms with Gasteiger partial charge in [0.05, 0.1) is 16.9 Å². The van der Waals surface area contributed by atoms with Gasteiger partial charge in [-0.2, -0.15) is 0 Å². The van der Waals surface area contributed by atoms with Crippen LogP contribution in [0, 0.1) is 0 Å². The van der Waals surface area contributed by atoms with Crippen LogP contribution in [0.3, 0.4) is 0 Å². The van der Waals surface area contributed by atoms with E-state index in [1.165, 1.54) is 0 Å². The summed E-state index contributed by atoms with van der Waals surface area (Å²) in [5.74, 6) is -0.0175. The van der Waals surface area contributed by atoms with Gasteiger partial charge < -0.3 is 4.42 Å². The summed E-state index contributed by atoms with van der Waals surface area (Å²) >= 11 is 0. The van der Waals surface area contributed by atoms with Gasteiger partial charge in [0.15, 0.2) is 9.84 Å². The minimum absolute atomic E-state index is 0.0175. The predicted molar refractivity (Wildman–Crippen MR) is 63.1 cm³/mol. The van der Waals surface area contributed by atoms with E-state index in [0.717, 1.165) is 5.39 Å². The number of benzene rings is 1. The van der Waals surface area contributed by atoms with Gasteiger partial charge in [-0.3, -0.25) is 0 Å². The van der Waals surface area contributed by atoms with Crippen LogP contribution >= 0.6 is 0 Å². The molecule has 0 saturated carbocycles. The summed E-state index contributed by atoms with van der Waals surface area (Å²) in [5.41, 5.74) is 1.32. The molecule has 0 radical (unpaired) electrons. The van der Waals surface area contributed by atoms with Crippen LogP contribution in [0.1, 0.15) is 6.92 Å². The minimum atomic E-state index is -3.27. The average molecular weight is 236 g/mol. The molecular formula is C12H12O3S. The summed E-state index contributed by atoms with van der Waals surface area (Å²) in [4.78, 5) is 0.310. The summed E-state index contributed by atoms with van der Waals surface area (Å²) in [6, 6.07) is 6.59. The van der Waals surface area contributed by atoms with E-state index in [1.54, 1.807) is 37.5 Å². The molecule has 84 valence electrons. The molecule has 0 aliphatic rings. The minimum Gasteiger partial charge on any atom is -0.464 e. The van der Waals surface area contributed by atoms with Crippen LogP contribution < -0.4 is 0 Å². The van der Waals surface area contributed by atoms with Crippen molar-refractivity contribution in [3.05, 3.63) is 42.7 Å². The third kappa shape index (κ3) is 2.02. The van der Waals surface area contributed by atoms with Gasteiger partial charge in [-0.05, 0) is 31.2 Å². The molecule has 2 rings (SSSR count). The van der Waals surface area contributed by atoms with Gasteiger partial charge >= 0.3 is 0 Å². The van der Waals surface area contributed by atoms with Crippen molar-refractivity contribution < 1.29 is 12.8 Å². The zero-order valence-electron chi connectivity index (χ0n) is 8.93. The molecule has 0 aliphatic heterocycles. The highest BCUT2D eigenvalue weighted by Crippen LogP contribution is 2.21. The van der Waals surface area contributed by atoms with Crippen molar-refractivity contribution in [2.24, 2.45) is 0 Å². The van der Waals surface area contributed by atoms with E-state index in [-0.39, 0.29) is 5.75 Å². The second-order valence-electron chi connectivity index (χ2n) is 3.84. The van der Waals surface area contributed by atoms with Crippen LogP contribution in [-0.2, 0) is 9.84 Å². The first-order valence-corrected chi connectivity index (χ1v) is 6.49. The molecule has 16 heavy (non-hydrogen) atoms. The van der Waals surface area contributed by atoms with Crippen LogP contribution in [0.15, 0.2) is 52.0 Å². The number of hydrogen-bond donors (Lipinski definition) is 0. The van der Waals surface area contributed by atoms with Gasteiger partial charge in [0.25, 0.3) is 0 Å². The van der Waals surface area contributed by atoms with Gasteiger partial charge in [-0.1, -0.05) is 12.2 Å². The van der Waals surface area contributed by atoms with E-state index in [9.17, 15) is 8.42 Å². The van der Waals surface area contributed by atoms with E-state index in [2.05, 4.69) is 6.58 Å². The van der Waals surface area contributed by atoms with E-state index in [1.807, 2.05) is 0 Å². The molecule has 0 amide bonds. The molecule has 0 fully saturated rings. The number of hydrogen-bond acceptors (Lipinski definition) is 3. The molecule has 0 aliphatic carbocycles. The first kappa shape index (κ1) is 11.0. The first-order chi connectivity index (χ1) is 7.49. The molecule has 4 heteroatoms. The highest BCUT2D eigenvalue weighted by Gasteiger charge is 2.15. The molecule has 0 N–H and O–H groups in total. The molecule has 1 aromatic heterocycles. The van der Waals surface area contributed by atoms with Crippen molar-refractivity contribution in [1.29, 1.82) is 0 Å². The number of fused-ring (bicyclic) bond motifs is 1. The largest absolute Gasteiger partial charge is 0.464 e. The molecule has 0 atom stereocenters. The lowest BCUT2D eigenvalue weighted by molar-refractivity contribution is 0.598. The zero-order chi connectivity index (χ0) is 11.8. The fraction of sp³-hybridized carbons (Fsp3) is 0.167. The Kier molecular flexibility index (Phi) is 2.59. The van der Waals surface area contributed by atoms with Gasteiger partial charge in [-0.25, -0.2) is 8.42 Å². The Morgan fingerprint density at radius 3 is 2.81 bits per heavy atom. The summed E-state index contributed by atoms with van der Waals surface area (Å²) < 4.78 is 29.0. The maximum atomic E-state index is 11.9. The van der Waals surface area contributed by atoms with Gasteiger partial charge in [0, 0.05) is 5.39 Å². The molecule has 1 aromatic carbocycles. The lowest BCUT2D eigenvalue weighted by Crippen LogP contribution is -2.07. The molecule has 0 unspecified atom stereocenters. The van der Waals surface area contributed by atoms with E-state index >= 15 is 0 Å². The van der Waals surface area contributed by atoms with Crippen molar-refractivity contribution in [2.75, 3.05) is 5.75 Å².